The van der Waals surface area contributed by atoms with Crippen molar-refractivity contribution in [1.29, 1.82) is 0 Å². The Morgan fingerprint density at radius 3 is 2.35 bits per heavy atom. The van der Waals surface area contributed by atoms with Gasteiger partial charge in [0.05, 0.1) is 27.2 Å². The quantitative estimate of drug-likeness (QED) is 0.686. The van der Waals surface area contributed by atoms with E-state index in [1.807, 2.05) is 0 Å². The molecule has 2 rings (SSSR count). The number of anilines is 1. The molecule has 0 saturated heterocycles. The lowest BCUT2D eigenvalue weighted by atomic mass is 10.0. The zero-order valence-electron chi connectivity index (χ0n) is 11.8. The molecule has 0 bridgehead atoms. The Labute approximate surface area is 128 Å². The average molecular weight is 319 g/mol. The molecule has 2 aromatic carbocycles. The summed E-state index contributed by atoms with van der Waals surface area (Å²) >= 11 is 0. The number of benzene rings is 2. The lowest BCUT2D eigenvalue weighted by Crippen LogP contribution is -2.15. The molecule has 2 aromatic rings. The molecule has 0 aromatic heterocycles. The van der Waals surface area contributed by atoms with Crippen LogP contribution in [0.4, 0.5) is 21.5 Å². The number of nitrogens with one attached hydrogen (secondary N) is 1. The van der Waals surface area contributed by atoms with Crippen LogP contribution >= 0.6 is 0 Å². The number of rotatable bonds is 4. The van der Waals surface area contributed by atoms with E-state index in [0.717, 1.165) is 18.2 Å². The Bertz CT molecular complexity index is 822. The first-order valence-corrected chi connectivity index (χ1v) is 6.30. The highest BCUT2D eigenvalue weighted by Gasteiger charge is 2.25. The SMILES string of the molecule is Cc1c(C(=O)Nc2ccccc2F)cc([N+](=O)[O-])cc1[N+](=O)[O-]. The molecule has 0 heterocycles. The Balaban J connectivity index is 2.49. The Morgan fingerprint density at radius 1 is 1.13 bits per heavy atom. The zero-order valence-corrected chi connectivity index (χ0v) is 11.8. The first-order valence-electron chi connectivity index (χ1n) is 6.30. The average Bonchev–Trinajstić information content (AvgIpc) is 2.49. The standard InChI is InChI=1S/C14H10FN3O5/c1-8-10(6-9(17(20)21)7-13(8)18(22)23)14(19)16-12-5-3-2-4-11(12)15/h2-7H,1H3,(H,16,19). The van der Waals surface area contributed by atoms with Crippen LogP contribution in [0.5, 0.6) is 0 Å². The second kappa shape index (κ2) is 6.18. The van der Waals surface area contributed by atoms with Crippen LogP contribution in [0.25, 0.3) is 0 Å². The highest BCUT2D eigenvalue weighted by atomic mass is 19.1. The van der Waals surface area contributed by atoms with Crippen molar-refractivity contribution in [3.05, 3.63) is 73.6 Å². The molecule has 0 aliphatic heterocycles. The Hall–Kier alpha value is -3.36. The minimum atomic E-state index is -0.876. The van der Waals surface area contributed by atoms with Crippen molar-refractivity contribution in [3.63, 3.8) is 0 Å². The topological polar surface area (TPSA) is 115 Å². The van der Waals surface area contributed by atoms with Crippen molar-refractivity contribution in [1.82, 2.24) is 0 Å². The molecule has 0 spiro atoms. The second-order valence-electron chi connectivity index (χ2n) is 4.59. The van der Waals surface area contributed by atoms with E-state index in [-0.39, 0.29) is 16.8 Å². The third kappa shape index (κ3) is 3.28. The number of carbonyl (C=O) groups excluding carboxylic acids is 1. The van der Waals surface area contributed by atoms with Crippen molar-refractivity contribution in [2.24, 2.45) is 0 Å². The highest BCUT2D eigenvalue weighted by molar-refractivity contribution is 6.06. The Kier molecular flexibility index (Phi) is 4.30. The summed E-state index contributed by atoms with van der Waals surface area (Å²) in [5, 5.41) is 24.1. The summed E-state index contributed by atoms with van der Waals surface area (Å²) in [6, 6.07) is 7.02. The summed E-state index contributed by atoms with van der Waals surface area (Å²) < 4.78 is 13.6. The van der Waals surface area contributed by atoms with Crippen LogP contribution in [0.2, 0.25) is 0 Å². The number of hydrogen-bond acceptors (Lipinski definition) is 5. The Morgan fingerprint density at radius 2 is 1.78 bits per heavy atom. The monoisotopic (exact) mass is 319 g/mol. The van der Waals surface area contributed by atoms with Gasteiger partial charge in [0.15, 0.2) is 0 Å². The minimum absolute atomic E-state index is 0.0468. The van der Waals surface area contributed by atoms with Crippen molar-refractivity contribution in [3.8, 4) is 0 Å². The number of hydrogen-bond donors (Lipinski definition) is 1. The van der Waals surface area contributed by atoms with E-state index in [9.17, 15) is 29.4 Å². The van der Waals surface area contributed by atoms with Gasteiger partial charge >= 0.3 is 0 Å². The van der Waals surface area contributed by atoms with Gasteiger partial charge in [0.1, 0.15) is 5.82 Å². The van der Waals surface area contributed by atoms with E-state index in [2.05, 4.69) is 5.32 Å². The molecule has 0 saturated carbocycles. The number of nitrogens with zero attached hydrogens (tertiary/aromatic N) is 2. The third-order valence-electron chi connectivity index (χ3n) is 3.14. The van der Waals surface area contributed by atoms with Gasteiger partial charge in [-0.2, -0.15) is 0 Å². The number of nitro benzene ring substituents is 2. The molecule has 1 N–H and O–H groups in total. The first-order chi connectivity index (χ1) is 10.8. The van der Waals surface area contributed by atoms with E-state index >= 15 is 0 Å². The molecule has 0 atom stereocenters. The molecule has 0 aliphatic rings. The molecule has 0 fully saturated rings. The molecule has 118 valence electrons. The van der Waals surface area contributed by atoms with E-state index in [1.54, 1.807) is 0 Å². The fourth-order valence-electron chi connectivity index (χ4n) is 1.97. The number of para-hydroxylation sites is 1. The predicted molar refractivity (Wildman–Crippen MR) is 78.8 cm³/mol. The summed E-state index contributed by atoms with van der Waals surface area (Å²) in [4.78, 5) is 32.4. The van der Waals surface area contributed by atoms with Gasteiger partial charge in [0.2, 0.25) is 0 Å². The van der Waals surface area contributed by atoms with Crippen LogP contribution in [0.3, 0.4) is 0 Å². The van der Waals surface area contributed by atoms with Gasteiger partial charge in [0, 0.05) is 11.6 Å². The largest absolute Gasteiger partial charge is 0.319 e. The molecule has 23 heavy (non-hydrogen) atoms. The maximum absolute atomic E-state index is 13.6. The van der Waals surface area contributed by atoms with Gasteiger partial charge in [-0.3, -0.25) is 25.0 Å². The number of halogens is 1. The molecule has 0 radical (unpaired) electrons. The van der Waals surface area contributed by atoms with Crippen molar-refractivity contribution in [2.75, 3.05) is 5.32 Å². The van der Waals surface area contributed by atoms with E-state index < -0.39 is 32.9 Å². The maximum Gasteiger partial charge on any atom is 0.279 e. The second-order valence-corrected chi connectivity index (χ2v) is 4.59. The lowest BCUT2D eigenvalue weighted by molar-refractivity contribution is -0.394. The number of non-ortho nitro benzene ring substituents is 1. The normalized spacial score (nSPS) is 10.2. The molecule has 0 aliphatic carbocycles. The highest BCUT2D eigenvalue weighted by Crippen LogP contribution is 2.28. The van der Waals surface area contributed by atoms with Crippen molar-refractivity contribution >= 4 is 23.0 Å². The smallest absolute Gasteiger partial charge is 0.279 e. The molecule has 8 nitrogen and oxygen atoms in total. The number of nitro groups is 2. The van der Waals surface area contributed by atoms with Crippen LogP contribution < -0.4 is 5.32 Å². The van der Waals surface area contributed by atoms with Gasteiger partial charge in [-0.25, -0.2) is 4.39 Å². The summed E-state index contributed by atoms with van der Waals surface area (Å²) in [5.41, 5.74) is -1.60. The predicted octanol–water partition coefficient (Wildman–Crippen LogP) is 3.20. The summed E-state index contributed by atoms with van der Waals surface area (Å²) in [5.74, 6) is -1.57. The van der Waals surface area contributed by atoms with E-state index in [0.29, 0.717) is 0 Å². The molecular formula is C14H10FN3O5. The van der Waals surface area contributed by atoms with Gasteiger partial charge in [-0.15, -0.1) is 0 Å². The van der Waals surface area contributed by atoms with Crippen molar-refractivity contribution in [2.45, 2.75) is 6.92 Å². The van der Waals surface area contributed by atoms with E-state index in [4.69, 9.17) is 0 Å². The fraction of sp³-hybridized carbons (Fsp3) is 0.0714. The summed E-state index contributed by atoms with van der Waals surface area (Å²) in [6.45, 7) is 1.29. The third-order valence-corrected chi connectivity index (χ3v) is 3.14. The first kappa shape index (κ1) is 16.0. The molecule has 0 unspecified atom stereocenters. The summed E-state index contributed by atoms with van der Waals surface area (Å²) in [6.07, 6.45) is 0. The van der Waals surface area contributed by atoms with Crippen LogP contribution in [-0.4, -0.2) is 15.8 Å². The summed E-state index contributed by atoms with van der Waals surface area (Å²) in [7, 11) is 0. The van der Waals surface area contributed by atoms with Gasteiger partial charge < -0.3 is 5.32 Å². The van der Waals surface area contributed by atoms with Crippen LogP contribution in [0.15, 0.2) is 36.4 Å². The maximum atomic E-state index is 13.6. The molecular weight excluding hydrogens is 309 g/mol. The van der Waals surface area contributed by atoms with Crippen LogP contribution in [0, 0.1) is 33.0 Å². The number of carbonyl (C=O) groups is 1. The minimum Gasteiger partial charge on any atom is -0.319 e. The number of amides is 1. The van der Waals surface area contributed by atoms with Gasteiger partial charge in [0.25, 0.3) is 17.3 Å². The fourth-order valence-corrected chi connectivity index (χ4v) is 1.97. The lowest BCUT2D eigenvalue weighted by Gasteiger charge is -2.09. The molecule has 1 amide bonds. The van der Waals surface area contributed by atoms with Gasteiger partial charge in [-0.1, -0.05) is 12.1 Å². The van der Waals surface area contributed by atoms with E-state index in [1.165, 1.54) is 25.1 Å². The van der Waals surface area contributed by atoms with Gasteiger partial charge in [-0.05, 0) is 19.1 Å². The van der Waals surface area contributed by atoms with Crippen LogP contribution in [0.1, 0.15) is 15.9 Å². The molecule has 9 heteroatoms. The zero-order chi connectivity index (χ0) is 17.1. The van der Waals surface area contributed by atoms with Crippen molar-refractivity contribution < 1.29 is 19.0 Å². The van der Waals surface area contributed by atoms with Crippen LogP contribution in [-0.2, 0) is 0 Å².